The number of benzene rings is 1. The highest BCUT2D eigenvalue weighted by atomic mass is 32.2. The van der Waals surface area contributed by atoms with Crippen molar-refractivity contribution in [1.82, 2.24) is 15.1 Å². The summed E-state index contributed by atoms with van der Waals surface area (Å²) in [6.07, 6.45) is 6.93. The minimum Gasteiger partial charge on any atom is -0.350 e. The first-order valence-corrected chi connectivity index (χ1v) is 11.7. The Morgan fingerprint density at radius 3 is 2.73 bits per heavy atom. The Morgan fingerprint density at radius 2 is 2.03 bits per heavy atom. The molecule has 0 saturated carbocycles. The molecule has 0 bridgehead atoms. The van der Waals surface area contributed by atoms with Crippen LogP contribution in [0.1, 0.15) is 31.2 Å². The van der Waals surface area contributed by atoms with Crippen molar-refractivity contribution >= 4 is 21.5 Å². The molecule has 3 aliphatic heterocycles. The third-order valence-electron chi connectivity index (χ3n) is 5.53. The van der Waals surface area contributed by atoms with Gasteiger partial charge < -0.3 is 10.1 Å². The Hall–Kier alpha value is -2.04. The second kappa shape index (κ2) is 9.40. The molecule has 1 aromatic rings. The van der Waals surface area contributed by atoms with Crippen LogP contribution in [-0.4, -0.2) is 57.7 Å². The summed E-state index contributed by atoms with van der Waals surface area (Å²) in [7, 11) is -3.68. The summed E-state index contributed by atoms with van der Waals surface area (Å²) in [5.41, 5.74) is 5.01. The number of ether oxygens (including phenoxy) is 1. The smallest absolute Gasteiger partial charge is 0.271 e. The molecule has 1 amide bonds. The highest BCUT2D eigenvalue weighted by Crippen LogP contribution is 2.25. The summed E-state index contributed by atoms with van der Waals surface area (Å²) in [6.45, 7) is 2.54. The molecule has 0 aromatic heterocycles. The zero-order chi connectivity index (χ0) is 21.0. The van der Waals surface area contributed by atoms with Gasteiger partial charge in [0.15, 0.2) is 6.29 Å². The number of nitrogens with zero attached hydrogens (tertiary/aromatic N) is 1. The van der Waals surface area contributed by atoms with E-state index < -0.39 is 22.2 Å². The second-order valence-electron chi connectivity index (χ2n) is 7.58. The van der Waals surface area contributed by atoms with Crippen molar-refractivity contribution in [1.29, 1.82) is 0 Å². The van der Waals surface area contributed by atoms with E-state index in [9.17, 15) is 13.2 Å². The van der Waals surface area contributed by atoms with Gasteiger partial charge in [-0.15, -0.1) is 0 Å². The van der Waals surface area contributed by atoms with Crippen LogP contribution in [0, 0.1) is 0 Å². The lowest BCUT2D eigenvalue weighted by Crippen LogP contribution is -2.36. The quantitative estimate of drug-likeness (QED) is 0.661. The van der Waals surface area contributed by atoms with Crippen LogP contribution in [-0.2, 0) is 24.4 Å². The van der Waals surface area contributed by atoms with E-state index in [0.717, 1.165) is 44.3 Å². The summed E-state index contributed by atoms with van der Waals surface area (Å²) in [4.78, 5) is 17.8. The van der Waals surface area contributed by atoms with E-state index in [0.29, 0.717) is 12.2 Å². The standard InChI is InChI=1S/C21H27N3O5S/c25-21(23-29-20-3-1-2-14-28-20)18-10-13-24(15-18)30(26,27)19-6-4-16(5-7-19)17-8-11-22-12-9-17/h4-8,10,20,22H,1-3,9,11-15H2,(H,23,25). The number of carbonyl (C=O) groups is 1. The normalized spacial score (nSPS) is 23.0. The maximum atomic E-state index is 13.0. The van der Waals surface area contributed by atoms with Gasteiger partial charge in [0.05, 0.1) is 4.90 Å². The number of sulfonamides is 1. The van der Waals surface area contributed by atoms with Crippen LogP contribution in [0.15, 0.2) is 46.9 Å². The monoisotopic (exact) mass is 433 g/mol. The molecule has 8 nitrogen and oxygen atoms in total. The van der Waals surface area contributed by atoms with Gasteiger partial charge in [-0.3, -0.25) is 4.79 Å². The number of nitrogens with one attached hydrogen (secondary N) is 2. The summed E-state index contributed by atoms with van der Waals surface area (Å²) in [5, 5.41) is 3.26. The molecule has 0 radical (unpaired) electrons. The molecule has 3 heterocycles. The van der Waals surface area contributed by atoms with Gasteiger partial charge in [-0.05, 0) is 49.1 Å². The molecule has 2 N–H and O–H groups in total. The molecule has 1 fully saturated rings. The molecule has 1 unspecified atom stereocenters. The van der Waals surface area contributed by atoms with Crippen molar-refractivity contribution in [2.45, 2.75) is 36.9 Å². The van der Waals surface area contributed by atoms with Gasteiger partial charge in [-0.1, -0.05) is 24.3 Å². The van der Waals surface area contributed by atoms with Crippen LogP contribution in [0.3, 0.4) is 0 Å². The maximum absolute atomic E-state index is 13.0. The summed E-state index contributed by atoms with van der Waals surface area (Å²) in [6, 6.07) is 6.96. The van der Waals surface area contributed by atoms with E-state index in [2.05, 4.69) is 16.9 Å². The van der Waals surface area contributed by atoms with Crippen LogP contribution >= 0.6 is 0 Å². The van der Waals surface area contributed by atoms with Gasteiger partial charge in [0.25, 0.3) is 5.91 Å². The van der Waals surface area contributed by atoms with Crippen molar-refractivity contribution in [3.05, 3.63) is 47.6 Å². The second-order valence-corrected chi connectivity index (χ2v) is 9.52. The number of carbonyl (C=O) groups excluding carboxylic acids is 1. The van der Waals surface area contributed by atoms with Crippen LogP contribution in [0.25, 0.3) is 5.57 Å². The van der Waals surface area contributed by atoms with Crippen molar-refractivity contribution in [3.8, 4) is 0 Å². The van der Waals surface area contributed by atoms with E-state index in [1.54, 1.807) is 18.2 Å². The minimum absolute atomic E-state index is 0.0155. The predicted octanol–water partition coefficient (Wildman–Crippen LogP) is 1.57. The van der Waals surface area contributed by atoms with E-state index in [4.69, 9.17) is 9.57 Å². The summed E-state index contributed by atoms with van der Waals surface area (Å²) >= 11 is 0. The predicted molar refractivity (Wildman–Crippen MR) is 112 cm³/mol. The van der Waals surface area contributed by atoms with Crippen molar-refractivity contribution in [3.63, 3.8) is 0 Å². The van der Waals surface area contributed by atoms with Gasteiger partial charge in [0.2, 0.25) is 10.0 Å². The molecule has 1 aromatic carbocycles. The first-order valence-electron chi connectivity index (χ1n) is 10.3. The highest BCUT2D eigenvalue weighted by Gasteiger charge is 2.31. The van der Waals surface area contributed by atoms with Crippen LogP contribution in [0.5, 0.6) is 0 Å². The largest absolute Gasteiger partial charge is 0.350 e. The Kier molecular flexibility index (Phi) is 6.64. The first-order chi connectivity index (χ1) is 14.5. The first kappa shape index (κ1) is 21.2. The lowest BCUT2D eigenvalue weighted by Gasteiger charge is -2.22. The number of hydroxylamine groups is 1. The maximum Gasteiger partial charge on any atom is 0.271 e. The molecular weight excluding hydrogens is 406 g/mol. The zero-order valence-electron chi connectivity index (χ0n) is 16.8. The summed E-state index contributed by atoms with van der Waals surface area (Å²) in [5.74, 6) is -0.435. The van der Waals surface area contributed by atoms with Crippen LogP contribution in [0.2, 0.25) is 0 Å². The molecule has 0 aliphatic carbocycles. The van der Waals surface area contributed by atoms with Gasteiger partial charge in [0, 0.05) is 38.2 Å². The lowest BCUT2D eigenvalue weighted by molar-refractivity contribution is -0.198. The number of rotatable bonds is 6. The van der Waals surface area contributed by atoms with Crippen LogP contribution < -0.4 is 10.8 Å². The fourth-order valence-electron chi connectivity index (χ4n) is 3.74. The average molecular weight is 434 g/mol. The SMILES string of the molecule is O=C(NOC1CCCCO1)C1=CCN(S(=O)(=O)c2ccc(C3=CCNCC3)cc2)C1. The Balaban J connectivity index is 1.35. The third-order valence-corrected chi connectivity index (χ3v) is 7.35. The molecule has 3 aliphatic rings. The fourth-order valence-corrected chi connectivity index (χ4v) is 5.10. The minimum atomic E-state index is -3.68. The lowest BCUT2D eigenvalue weighted by atomic mass is 10.0. The van der Waals surface area contributed by atoms with E-state index in [1.165, 1.54) is 9.88 Å². The van der Waals surface area contributed by atoms with Crippen molar-refractivity contribution in [2.24, 2.45) is 0 Å². The summed E-state index contributed by atoms with van der Waals surface area (Å²) < 4.78 is 32.7. The zero-order valence-corrected chi connectivity index (χ0v) is 17.6. The topological polar surface area (TPSA) is 97.0 Å². The number of hydrogen-bond acceptors (Lipinski definition) is 6. The van der Waals surface area contributed by atoms with Crippen molar-refractivity contribution in [2.75, 3.05) is 32.8 Å². The van der Waals surface area contributed by atoms with Gasteiger partial charge in [-0.25, -0.2) is 18.7 Å². The average Bonchev–Trinajstić information content (AvgIpc) is 3.30. The Morgan fingerprint density at radius 1 is 1.20 bits per heavy atom. The molecule has 162 valence electrons. The third kappa shape index (κ3) is 4.81. The molecule has 1 atom stereocenters. The molecule has 1 saturated heterocycles. The molecule has 30 heavy (non-hydrogen) atoms. The highest BCUT2D eigenvalue weighted by molar-refractivity contribution is 7.89. The number of amides is 1. The van der Waals surface area contributed by atoms with Gasteiger partial charge >= 0.3 is 0 Å². The molecule has 9 heteroatoms. The van der Waals surface area contributed by atoms with E-state index in [-0.39, 0.29) is 18.0 Å². The van der Waals surface area contributed by atoms with Crippen LogP contribution in [0.4, 0.5) is 0 Å². The van der Waals surface area contributed by atoms with Gasteiger partial charge in [-0.2, -0.15) is 4.31 Å². The molecular formula is C21H27N3O5S. The molecule has 4 rings (SSSR count). The van der Waals surface area contributed by atoms with E-state index >= 15 is 0 Å². The molecule has 0 spiro atoms. The Bertz CT molecular complexity index is 934. The Labute approximate surface area is 176 Å². The van der Waals surface area contributed by atoms with Crippen molar-refractivity contribution < 1.29 is 22.8 Å². The number of hydrogen-bond donors (Lipinski definition) is 2. The van der Waals surface area contributed by atoms with Gasteiger partial charge in [0.1, 0.15) is 0 Å². The van der Waals surface area contributed by atoms with E-state index in [1.807, 2.05) is 12.1 Å². The fraction of sp³-hybridized carbons (Fsp3) is 0.476.